The molecule has 0 aliphatic heterocycles. The van der Waals surface area contributed by atoms with Crippen molar-refractivity contribution >= 4 is 11.9 Å². The van der Waals surface area contributed by atoms with E-state index in [4.69, 9.17) is 16.2 Å². The van der Waals surface area contributed by atoms with Crippen LogP contribution in [-0.2, 0) is 4.29 Å². The first-order valence-electron chi connectivity index (χ1n) is 4.46. The summed E-state index contributed by atoms with van der Waals surface area (Å²) in [6, 6.07) is 0. The van der Waals surface area contributed by atoms with Crippen molar-refractivity contribution in [3.63, 3.8) is 0 Å². The monoisotopic (exact) mass is 176 g/mol. The predicted molar refractivity (Wildman–Crippen MR) is 47.6 cm³/mol. The van der Waals surface area contributed by atoms with E-state index in [0.29, 0.717) is 5.92 Å². The average Bonchev–Trinajstić information content (AvgIpc) is 2.06. The molecule has 2 heteroatoms. The summed E-state index contributed by atoms with van der Waals surface area (Å²) in [6.07, 6.45) is 6.62. The van der Waals surface area contributed by atoms with E-state index < -0.39 is 0 Å². The van der Waals surface area contributed by atoms with E-state index in [1.807, 2.05) is 0 Å². The zero-order chi connectivity index (χ0) is 8.32. The first kappa shape index (κ1) is 9.34. The van der Waals surface area contributed by atoms with Gasteiger partial charge in [0.25, 0.3) is 0 Å². The van der Waals surface area contributed by atoms with E-state index >= 15 is 0 Å². The second-order valence-electron chi connectivity index (χ2n) is 4.02. The minimum Gasteiger partial charge on any atom is -0.273 e. The molecule has 0 spiro atoms. The van der Waals surface area contributed by atoms with Crippen LogP contribution in [-0.4, -0.2) is 5.60 Å². The maximum Gasteiger partial charge on any atom is 0.0869 e. The Morgan fingerprint density at radius 2 is 1.73 bits per heavy atom. The lowest BCUT2D eigenvalue weighted by Crippen LogP contribution is -2.33. The molecule has 0 aromatic heterocycles. The lowest BCUT2D eigenvalue weighted by Gasteiger charge is -2.33. The number of hydrogen-bond donors (Lipinski definition) is 0. The van der Waals surface area contributed by atoms with E-state index in [-0.39, 0.29) is 5.60 Å². The summed E-state index contributed by atoms with van der Waals surface area (Å²) < 4.78 is 4.95. The lowest BCUT2D eigenvalue weighted by atomic mass is 9.79. The molecule has 1 nitrogen and oxygen atoms in total. The maximum absolute atomic E-state index is 5.43. The van der Waals surface area contributed by atoms with Gasteiger partial charge in [0.2, 0.25) is 0 Å². The molecule has 1 rings (SSSR count). The summed E-state index contributed by atoms with van der Waals surface area (Å²) in [4.78, 5) is 0. The van der Waals surface area contributed by atoms with Gasteiger partial charge in [-0.3, -0.25) is 4.29 Å². The Hall–Kier alpha value is 0.250. The van der Waals surface area contributed by atoms with Crippen LogP contribution in [0.2, 0.25) is 0 Å². The maximum atomic E-state index is 5.43. The van der Waals surface area contributed by atoms with Crippen LogP contribution in [0.15, 0.2) is 0 Å². The van der Waals surface area contributed by atoms with Crippen molar-refractivity contribution in [1.29, 1.82) is 0 Å². The minimum atomic E-state index is -0.123. The van der Waals surface area contributed by atoms with Gasteiger partial charge in [-0.2, -0.15) is 0 Å². The summed E-state index contributed by atoms with van der Waals surface area (Å²) in [5.74, 6) is 0.661. The summed E-state index contributed by atoms with van der Waals surface area (Å²) >= 11 is 5.43. The van der Waals surface area contributed by atoms with Crippen LogP contribution < -0.4 is 0 Å². The van der Waals surface area contributed by atoms with Crippen molar-refractivity contribution in [3.8, 4) is 0 Å². The largest absolute Gasteiger partial charge is 0.273 e. The highest BCUT2D eigenvalue weighted by molar-refractivity contribution is 6.07. The van der Waals surface area contributed by atoms with E-state index in [2.05, 4.69) is 13.8 Å². The Bertz CT molecular complexity index is 117. The van der Waals surface area contributed by atoms with Gasteiger partial charge in [0.05, 0.1) is 17.5 Å². The standard InChI is InChI=1S/C9H17ClO/c1-9(2,11-10)8-6-4-3-5-7-8/h8H,3-7H2,1-2H3. The Labute approximate surface area is 74.2 Å². The average molecular weight is 177 g/mol. The normalized spacial score (nSPS) is 22.1. The van der Waals surface area contributed by atoms with Crippen molar-refractivity contribution < 1.29 is 4.29 Å². The van der Waals surface area contributed by atoms with E-state index in [9.17, 15) is 0 Å². The molecule has 0 aromatic rings. The Balaban J connectivity index is 2.43. The van der Waals surface area contributed by atoms with Crippen LogP contribution in [0.3, 0.4) is 0 Å². The quantitative estimate of drug-likeness (QED) is 0.626. The highest BCUT2D eigenvalue weighted by Gasteiger charge is 2.31. The molecule has 1 aliphatic rings. The second kappa shape index (κ2) is 3.77. The zero-order valence-corrected chi connectivity index (χ0v) is 8.16. The first-order valence-corrected chi connectivity index (χ1v) is 4.77. The molecule has 0 atom stereocenters. The van der Waals surface area contributed by atoms with Crippen molar-refractivity contribution in [2.75, 3.05) is 0 Å². The van der Waals surface area contributed by atoms with Crippen molar-refractivity contribution in [1.82, 2.24) is 0 Å². The third-order valence-electron chi connectivity index (χ3n) is 2.79. The smallest absolute Gasteiger partial charge is 0.0869 e. The lowest BCUT2D eigenvalue weighted by molar-refractivity contribution is 0.0343. The Kier molecular flexibility index (Phi) is 3.20. The van der Waals surface area contributed by atoms with E-state index in [1.54, 1.807) is 0 Å². The van der Waals surface area contributed by atoms with Gasteiger partial charge in [0, 0.05) is 0 Å². The molecule has 0 N–H and O–H groups in total. The zero-order valence-electron chi connectivity index (χ0n) is 7.40. The predicted octanol–water partition coefficient (Wildman–Crippen LogP) is 3.52. The van der Waals surface area contributed by atoms with E-state index in [1.165, 1.54) is 32.1 Å². The molecule has 0 radical (unpaired) electrons. The molecule has 0 heterocycles. The van der Waals surface area contributed by atoms with E-state index in [0.717, 1.165) is 0 Å². The highest BCUT2D eigenvalue weighted by atomic mass is 35.5. The van der Waals surface area contributed by atoms with Crippen LogP contribution >= 0.6 is 11.9 Å². The molecule has 0 amide bonds. The molecule has 1 fully saturated rings. The Morgan fingerprint density at radius 3 is 2.18 bits per heavy atom. The van der Waals surface area contributed by atoms with Gasteiger partial charge >= 0.3 is 0 Å². The SMILES string of the molecule is CC(C)(OCl)C1CCCCC1. The fraction of sp³-hybridized carbons (Fsp3) is 1.00. The molecule has 0 unspecified atom stereocenters. The van der Waals surface area contributed by atoms with Crippen molar-refractivity contribution in [2.24, 2.45) is 5.92 Å². The fourth-order valence-corrected chi connectivity index (χ4v) is 1.99. The topological polar surface area (TPSA) is 9.23 Å². The number of hydrogen-bond acceptors (Lipinski definition) is 1. The van der Waals surface area contributed by atoms with Crippen LogP contribution in [0.4, 0.5) is 0 Å². The third kappa shape index (κ3) is 2.34. The summed E-state index contributed by atoms with van der Waals surface area (Å²) in [5.41, 5.74) is -0.123. The van der Waals surface area contributed by atoms with Crippen LogP contribution in [0, 0.1) is 5.92 Å². The van der Waals surface area contributed by atoms with Gasteiger partial charge in [0.1, 0.15) is 0 Å². The molecule has 0 aromatic carbocycles. The summed E-state index contributed by atoms with van der Waals surface area (Å²) in [5, 5.41) is 0. The van der Waals surface area contributed by atoms with Crippen molar-refractivity contribution in [3.05, 3.63) is 0 Å². The minimum absolute atomic E-state index is 0.123. The van der Waals surface area contributed by atoms with Gasteiger partial charge in [-0.15, -0.1) is 0 Å². The molecule has 1 aliphatic carbocycles. The molecular weight excluding hydrogens is 160 g/mol. The fourth-order valence-electron chi connectivity index (χ4n) is 1.86. The molecule has 66 valence electrons. The van der Waals surface area contributed by atoms with Gasteiger partial charge in [-0.1, -0.05) is 19.3 Å². The van der Waals surface area contributed by atoms with Gasteiger partial charge in [0.15, 0.2) is 0 Å². The summed E-state index contributed by atoms with van der Waals surface area (Å²) in [7, 11) is 0. The molecule has 1 saturated carbocycles. The van der Waals surface area contributed by atoms with Crippen LogP contribution in [0.5, 0.6) is 0 Å². The Morgan fingerprint density at radius 1 is 1.18 bits per heavy atom. The second-order valence-corrected chi connectivity index (χ2v) is 4.17. The number of rotatable bonds is 2. The molecule has 11 heavy (non-hydrogen) atoms. The van der Waals surface area contributed by atoms with Crippen LogP contribution in [0.1, 0.15) is 46.0 Å². The summed E-state index contributed by atoms with van der Waals surface area (Å²) in [6.45, 7) is 4.16. The molecule has 0 saturated heterocycles. The third-order valence-corrected chi connectivity index (χ3v) is 3.18. The van der Waals surface area contributed by atoms with Crippen LogP contribution in [0.25, 0.3) is 0 Å². The van der Waals surface area contributed by atoms with Gasteiger partial charge in [-0.25, -0.2) is 0 Å². The van der Waals surface area contributed by atoms with Gasteiger partial charge in [-0.05, 0) is 32.6 Å². The number of halogens is 1. The van der Waals surface area contributed by atoms with Crippen molar-refractivity contribution in [2.45, 2.75) is 51.6 Å². The first-order chi connectivity index (χ1) is 5.17. The highest BCUT2D eigenvalue weighted by Crippen LogP contribution is 2.35. The molecular formula is C9H17ClO. The molecule has 0 bridgehead atoms. The van der Waals surface area contributed by atoms with Gasteiger partial charge < -0.3 is 0 Å².